The minimum Gasteiger partial charge on any atom is -0.497 e. The highest BCUT2D eigenvalue weighted by atomic mass is 32.1. The molecule has 2 heterocycles. The molecule has 0 aliphatic heterocycles. The predicted octanol–water partition coefficient (Wildman–Crippen LogP) is 4.46. The predicted molar refractivity (Wildman–Crippen MR) is 99.4 cm³/mol. The molecule has 0 radical (unpaired) electrons. The number of nitrogens with one attached hydrogen (secondary N) is 1. The molecule has 26 heavy (non-hydrogen) atoms. The number of hydrogen-bond acceptors (Lipinski definition) is 4. The largest absolute Gasteiger partial charge is 0.497 e. The molecule has 0 aliphatic carbocycles. The maximum Gasteiger partial charge on any atom is 0.273 e. The fourth-order valence-electron chi connectivity index (χ4n) is 2.58. The van der Waals surface area contributed by atoms with Gasteiger partial charge in [-0.25, -0.2) is 9.37 Å². The van der Waals surface area contributed by atoms with Crippen molar-refractivity contribution in [3.63, 3.8) is 0 Å². The normalized spacial score (nSPS) is 10.8. The van der Waals surface area contributed by atoms with Crippen LogP contribution in [0.25, 0.3) is 16.2 Å². The lowest BCUT2D eigenvalue weighted by Crippen LogP contribution is -2.13. The lowest BCUT2D eigenvalue weighted by molar-refractivity contribution is 0.102. The summed E-state index contributed by atoms with van der Waals surface area (Å²) in [5.41, 5.74) is 2.65. The van der Waals surface area contributed by atoms with Gasteiger partial charge in [0.15, 0.2) is 4.96 Å². The molecule has 7 heteroatoms. The van der Waals surface area contributed by atoms with E-state index in [2.05, 4.69) is 10.3 Å². The molecule has 0 bridgehead atoms. The van der Waals surface area contributed by atoms with E-state index in [1.807, 2.05) is 0 Å². The minimum atomic E-state index is -0.297. The van der Waals surface area contributed by atoms with Crippen molar-refractivity contribution in [2.24, 2.45) is 0 Å². The number of ether oxygens (including phenoxy) is 1. The molecule has 2 aromatic heterocycles. The third kappa shape index (κ3) is 3.04. The molecule has 4 rings (SSSR count). The number of carbonyl (C=O) groups excluding carboxylic acids is 1. The zero-order valence-corrected chi connectivity index (χ0v) is 14.6. The van der Waals surface area contributed by atoms with Gasteiger partial charge in [0.05, 0.1) is 12.8 Å². The zero-order valence-electron chi connectivity index (χ0n) is 13.8. The maximum atomic E-state index is 13.1. The number of halogens is 1. The SMILES string of the molecule is COc1ccc(NC(=O)c2csc3nc(-c4ccc(F)cc4)cn23)cc1. The molecule has 130 valence electrons. The van der Waals surface area contributed by atoms with Crippen molar-refractivity contribution in [2.75, 3.05) is 12.4 Å². The van der Waals surface area contributed by atoms with Gasteiger partial charge in [-0.2, -0.15) is 0 Å². The second-order valence-electron chi connectivity index (χ2n) is 5.59. The first-order valence-electron chi connectivity index (χ1n) is 7.82. The number of nitrogens with zero attached hydrogens (tertiary/aromatic N) is 2. The second kappa shape index (κ2) is 6.61. The van der Waals surface area contributed by atoms with E-state index in [0.717, 1.165) is 11.3 Å². The number of amides is 1. The van der Waals surface area contributed by atoms with Crippen molar-refractivity contribution in [2.45, 2.75) is 0 Å². The Morgan fingerprint density at radius 2 is 1.88 bits per heavy atom. The number of anilines is 1. The van der Waals surface area contributed by atoms with Crippen molar-refractivity contribution < 1.29 is 13.9 Å². The van der Waals surface area contributed by atoms with Crippen LogP contribution in [0, 0.1) is 5.82 Å². The fraction of sp³-hybridized carbons (Fsp3) is 0.0526. The molecule has 5 nitrogen and oxygen atoms in total. The first-order chi connectivity index (χ1) is 12.6. The van der Waals surface area contributed by atoms with E-state index >= 15 is 0 Å². The molecule has 1 N–H and O–H groups in total. The summed E-state index contributed by atoms with van der Waals surface area (Å²) in [5.74, 6) is 0.193. The number of carbonyl (C=O) groups is 1. The van der Waals surface area contributed by atoms with Gasteiger partial charge in [0.25, 0.3) is 5.91 Å². The minimum absolute atomic E-state index is 0.232. The molecular formula is C19H14FN3O2S. The molecule has 1 amide bonds. The van der Waals surface area contributed by atoms with Gasteiger partial charge in [-0.15, -0.1) is 11.3 Å². The highest BCUT2D eigenvalue weighted by Crippen LogP contribution is 2.24. The van der Waals surface area contributed by atoms with Gasteiger partial charge in [0, 0.05) is 22.8 Å². The van der Waals surface area contributed by atoms with Gasteiger partial charge < -0.3 is 10.1 Å². The molecule has 4 aromatic rings. The molecule has 0 saturated carbocycles. The second-order valence-corrected chi connectivity index (χ2v) is 6.43. The van der Waals surface area contributed by atoms with Crippen molar-refractivity contribution in [1.82, 2.24) is 9.38 Å². The lowest BCUT2D eigenvalue weighted by Gasteiger charge is -2.05. The number of rotatable bonds is 4. The number of hydrogen-bond donors (Lipinski definition) is 1. The van der Waals surface area contributed by atoms with E-state index in [1.54, 1.807) is 59.5 Å². The number of benzene rings is 2. The Balaban J connectivity index is 1.61. The van der Waals surface area contributed by atoms with E-state index in [4.69, 9.17) is 4.74 Å². The van der Waals surface area contributed by atoms with E-state index in [9.17, 15) is 9.18 Å². The highest BCUT2D eigenvalue weighted by molar-refractivity contribution is 7.15. The Hall–Kier alpha value is -3.19. The third-order valence-corrected chi connectivity index (χ3v) is 4.77. The topological polar surface area (TPSA) is 55.6 Å². The summed E-state index contributed by atoms with van der Waals surface area (Å²) in [6, 6.07) is 13.2. The van der Waals surface area contributed by atoms with Gasteiger partial charge >= 0.3 is 0 Å². The van der Waals surface area contributed by atoms with Crippen molar-refractivity contribution in [3.8, 4) is 17.0 Å². The summed E-state index contributed by atoms with van der Waals surface area (Å²) in [4.78, 5) is 17.8. The number of fused-ring (bicyclic) bond motifs is 1. The van der Waals surface area contributed by atoms with Crippen molar-refractivity contribution in [3.05, 3.63) is 71.6 Å². The summed E-state index contributed by atoms with van der Waals surface area (Å²) < 4.78 is 19.9. The van der Waals surface area contributed by atoms with Gasteiger partial charge in [-0.1, -0.05) is 0 Å². The molecule has 0 fully saturated rings. The molecule has 0 spiro atoms. The van der Waals surface area contributed by atoms with E-state index in [1.165, 1.54) is 23.5 Å². The van der Waals surface area contributed by atoms with E-state index in [0.29, 0.717) is 22.0 Å². The van der Waals surface area contributed by atoms with Crippen LogP contribution in [0.15, 0.2) is 60.1 Å². The van der Waals surface area contributed by atoms with Crippen LogP contribution < -0.4 is 10.1 Å². The van der Waals surface area contributed by atoms with Crippen molar-refractivity contribution >= 4 is 27.9 Å². The molecule has 0 atom stereocenters. The van der Waals surface area contributed by atoms with Crippen LogP contribution in [0.2, 0.25) is 0 Å². The third-order valence-electron chi connectivity index (χ3n) is 3.93. The number of aromatic nitrogens is 2. The van der Waals surface area contributed by atoms with Gasteiger partial charge in [0.1, 0.15) is 17.3 Å². The monoisotopic (exact) mass is 367 g/mol. The van der Waals surface area contributed by atoms with E-state index < -0.39 is 0 Å². The Kier molecular flexibility index (Phi) is 4.14. The average molecular weight is 367 g/mol. The molecule has 0 unspecified atom stereocenters. The summed E-state index contributed by atoms with van der Waals surface area (Å²) in [6.07, 6.45) is 1.78. The summed E-state index contributed by atoms with van der Waals surface area (Å²) >= 11 is 1.37. The Bertz CT molecular complexity index is 1070. The van der Waals surface area contributed by atoms with Gasteiger partial charge in [-0.3, -0.25) is 9.20 Å². The molecular weight excluding hydrogens is 353 g/mol. The Labute approximate surface area is 152 Å². The standard InChI is InChI=1S/C19H14FN3O2S/c1-25-15-8-6-14(7-9-15)21-18(24)17-11-26-19-22-16(10-23(17)19)12-2-4-13(20)5-3-12/h2-11H,1H3,(H,21,24). The summed E-state index contributed by atoms with van der Waals surface area (Å²) in [6.45, 7) is 0. The molecule has 0 aliphatic rings. The first-order valence-corrected chi connectivity index (χ1v) is 8.70. The number of methoxy groups -OCH3 is 1. The number of imidazole rings is 1. The average Bonchev–Trinajstić information content (AvgIpc) is 3.23. The van der Waals surface area contributed by atoms with Gasteiger partial charge in [0.2, 0.25) is 0 Å². The van der Waals surface area contributed by atoms with E-state index in [-0.39, 0.29) is 11.7 Å². The highest BCUT2D eigenvalue weighted by Gasteiger charge is 2.15. The van der Waals surface area contributed by atoms with Crippen LogP contribution in [0.4, 0.5) is 10.1 Å². The van der Waals surface area contributed by atoms with Crippen LogP contribution >= 0.6 is 11.3 Å². The number of thiazole rings is 1. The van der Waals surface area contributed by atoms with Crippen LogP contribution in [0.1, 0.15) is 10.5 Å². The van der Waals surface area contributed by atoms with Crippen LogP contribution in [0.5, 0.6) is 5.75 Å². The smallest absolute Gasteiger partial charge is 0.273 e. The maximum absolute atomic E-state index is 13.1. The molecule has 0 saturated heterocycles. The fourth-order valence-corrected chi connectivity index (χ4v) is 3.43. The van der Waals surface area contributed by atoms with Crippen molar-refractivity contribution in [1.29, 1.82) is 0 Å². The molecule has 2 aromatic carbocycles. The first kappa shape index (κ1) is 16.3. The summed E-state index contributed by atoms with van der Waals surface area (Å²) in [7, 11) is 1.59. The lowest BCUT2D eigenvalue weighted by atomic mass is 10.2. The Morgan fingerprint density at radius 3 is 2.58 bits per heavy atom. The quantitative estimate of drug-likeness (QED) is 0.579. The zero-order chi connectivity index (χ0) is 18.1. The van der Waals surface area contributed by atoms with Crippen LogP contribution in [-0.2, 0) is 0 Å². The van der Waals surface area contributed by atoms with Crippen LogP contribution in [-0.4, -0.2) is 22.4 Å². The Morgan fingerprint density at radius 1 is 1.15 bits per heavy atom. The summed E-state index contributed by atoms with van der Waals surface area (Å²) in [5, 5.41) is 4.62. The van der Waals surface area contributed by atoms with Gasteiger partial charge in [-0.05, 0) is 48.5 Å². The van der Waals surface area contributed by atoms with Crippen LogP contribution in [0.3, 0.4) is 0 Å².